The number of nitrogens with zero attached hydrogens (tertiary/aromatic N) is 2. The van der Waals surface area contributed by atoms with Crippen molar-refractivity contribution in [3.8, 4) is 0 Å². The molecular weight excluding hydrogens is 240 g/mol. The van der Waals surface area contributed by atoms with Gasteiger partial charge in [-0.3, -0.25) is 9.48 Å². The maximum Gasteiger partial charge on any atom is 0.241 e. The highest BCUT2D eigenvalue weighted by Crippen LogP contribution is 2.18. The number of aryl methyl sites for hydroxylation is 1. The van der Waals surface area contributed by atoms with Crippen LogP contribution in [0.2, 0.25) is 5.02 Å². The lowest BCUT2D eigenvalue weighted by Gasteiger charge is -2.27. The molecule has 0 saturated carbocycles. The molecule has 0 unspecified atom stereocenters. The highest BCUT2D eigenvalue weighted by molar-refractivity contribution is 6.31. The van der Waals surface area contributed by atoms with E-state index in [4.69, 9.17) is 11.6 Å². The van der Waals surface area contributed by atoms with Crippen LogP contribution >= 0.6 is 11.6 Å². The van der Waals surface area contributed by atoms with E-state index in [0.717, 1.165) is 31.0 Å². The third-order valence-corrected chi connectivity index (χ3v) is 3.59. The summed E-state index contributed by atoms with van der Waals surface area (Å²) in [6.07, 6.45) is 0. The molecule has 1 saturated heterocycles. The second-order valence-electron chi connectivity index (χ2n) is 4.47. The zero-order chi connectivity index (χ0) is 12.4. The molecule has 1 aromatic rings. The average molecular weight is 257 g/mol. The lowest BCUT2D eigenvalue weighted by molar-refractivity contribution is -0.122. The van der Waals surface area contributed by atoms with Crippen LogP contribution < -0.4 is 10.6 Å². The summed E-state index contributed by atoms with van der Waals surface area (Å²) in [4.78, 5) is 11.7. The Hall–Kier alpha value is -1.07. The number of aromatic nitrogens is 2. The molecule has 0 bridgehead atoms. The first-order valence-electron chi connectivity index (χ1n) is 5.75. The van der Waals surface area contributed by atoms with E-state index in [1.165, 1.54) is 0 Å². The Bertz CT molecular complexity index is 425. The lowest BCUT2D eigenvalue weighted by Crippen LogP contribution is -2.48. The number of carbonyl (C=O) groups is 1. The van der Waals surface area contributed by atoms with Gasteiger partial charge < -0.3 is 10.6 Å². The third kappa shape index (κ3) is 2.79. The van der Waals surface area contributed by atoms with Gasteiger partial charge in [-0.2, -0.15) is 5.10 Å². The number of carbonyl (C=O) groups excluding carboxylic acids is 1. The van der Waals surface area contributed by atoms with Crippen molar-refractivity contribution in [2.75, 3.05) is 19.6 Å². The standard InChI is InChI=1S/C11H17ClN4O/c1-7-11(12)8(2)16(15-7)6-10(17)14-5-9-3-13-4-9/h9,13H,3-6H2,1-2H3,(H,14,17). The minimum Gasteiger partial charge on any atom is -0.354 e. The largest absolute Gasteiger partial charge is 0.354 e. The van der Waals surface area contributed by atoms with Gasteiger partial charge in [-0.1, -0.05) is 11.6 Å². The molecule has 1 aromatic heterocycles. The summed E-state index contributed by atoms with van der Waals surface area (Å²) in [6.45, 7) is 6.66. The molecular formula is C11H17ClN4O. The van der Waals surface area contributed by atoms with Crippen LogP contribution in [0.15, 0.2) is 0 Å². The minimum absolute atomic E-state index is 0.0147. The molecule has 17 heavy (non-hydrogen) atoms. The molecule has 6 heteroatoms. The summed E-state index contributed by atoms with van der Waals surface area (Å²) in [7, 11) is 0. The maximum absolute atomic E-state index is 11.7. The Morgan fingerprint density at radius 1 is 1.59 bits per heavy atom. The molecule has 0 aromatic carbocycles. The van der Waals surface area contributed by atoms with Crippen molar-refractivity contribution >= 4 is 17.5 Å². The number of rotatable bonds is 4. The number of hydrogen-bond donors (Lipinski definition) is 2. The fourth-order valence-electron chi connectivity index (χ4n) is 1.77. The van der Waals surface area contributed by atoms with Gasteiger partial charge in [0.05, 0.1) is 16.4 Å². The predicted molar refractivity (Wildman–Crippen MR) is 66.1 cm³/mol. The Morgan fingerprint density at radius 3 is 2.76 bits per heavy atom. The van der Waals surface area contributed by atoms with Crippen molar-refractivity contribution in [1.29, 1.82) is 0 Å². The first-order chi connectivity index (χ1) is 8.08. The molecule has 1 aliphatic heterocycles. The van der Waals surface area contributed by atoms with E-state index in [1.54, 1.807) is 4.68 Å². The summed E-state index contributed by atoms with van der Waals surface area (Å²) in [5.41, 5.74) is 1.60. The zero-order valence-corrected chi connectivity index (χ0v) is 10.8. The molecule has 2 heterocycles. The highest BCUT2D eigenvalue weighted by Gasteiger charge is 2.18. The Morgan fingerprint density at radius 2 is 2.29 bits per heavy atom. The summed E-state index contributed by atoms with van der Waals surface area (Å²) in [5, 5.41) is 10.9. The fourth-order valence-corrected chi connectivity index (χ4v) is 1.91. The monoisotopic (exact) mass is 256 g/mol. The molecule has 94 valence electrons. The minimum atomic E-state index is -0.0147. The average Bonchev–Trinajstić information content (AvgIpc) is 2.44. The van der Waals surface area contributed by atoms with Crippen LogP contribution in [0, 0.1) is 19.8 Å². The number of nitrogens with one attached hydrogen (secondary N) is 2. The number of halogens is 1. The highest BCUT2D eigenvalue weighted by atomic mass is 35.5. The summed E-state index contributed by atoms with van der Waals surface area (Å²) >= 11 is 6.02. The van der Waals surface area contributed by atoms with E-state index in [-0.39, 0.29) is 12.5 Å². The summed E-state index contributed by atoms with van der Waals surface area (Å²) in [6, 6.07) is 0. The van der Waals surface area contributed by atoms with Gasteiger partial charge in [0.15, 0.2) is 0 Å². The van der Waals surface area contributed by atoms with Crippen molar-refractivity contribution in [3.63, 3.8) is 0 Å². The van der Waals surface area contributed by atoms with Gasteiger partial charge in [-0.15, -0.1) is 0 Å². The first-order valence-corrected chi connectivity index (χ1v) is 6.12. The maximum atomic E-state index is 11.7. The Balaban J connectivity index is 1.86. The van der Waals surface area contributed by atoms with Gasteiger partial charge in [-0.25, -0.2) is 0 Å². The second kappa shape index (κ2) is 5.06. The Labute approximate surface area is 106 Å². The van der Waals surface area contributed by atoms with E-state index in [1.807, 2.05) is 13.8 Å². The molecule has 0 radical (unpaired) electrons. The summed E-state index contributed by atoms with van der Waals surface area (Å²) in [5.74, 6) is 0.558. The van der Waals surface area contributed by atoms with Crippen LogP contribution in [-0.4, -0.2) is 35.3 Å². The first kappa shape index (κ1) is 12.4. The number of hydrogen-bond acceptors (Lipinski definition) is 3. The van der Waals surface area contributed by atoms with Crippen LogP contribution in [-0.2, 0) is 11.3 Å². The quantitative estimate of drug-likeness (QED) is 0.824. The van der Waals surface area contributed by atoms with Crippen molar-refractivity contribution in [2.45, 2.75) is 20.4 Å². The van der Waals surface area contributed by atoms with Gasteiger partial charge in [0.1, 0.15) is 6.54 Å². The van der Waals surface area contributed by atoms with E-state index >= 15 is 0 Å². The van der Waals surface area contributed by atoms with Crippen LogP contribution in [0.25, 0.3) is 0 Å². The Kier molecular flexibility index (Phi) is 3.69. The molecule has 2 rings (SSSR count). The topological polar surface area (TPSA) is 59.0 Å². The van der Waals surface area contributed by atoms with Crippen molar-refractivity contribution < 1.29 is 4.79 Å². The molecule has 1 fully saturated rings. The number of amides is 1. The van der Waals surface area contributed by atoms with E-state index in [0.29, 0.717) is 10.9 Å². The normalized spacial score (nSPS) is 15.7. The fraction of sp³-hybridized carbons (Fsp3) is 0.636. The van der Waals surface area contributed by atoms with Gasteiger partial charge in [0, 0.05) is 25.6 Å². The van der Waals surface area contributed by atoms with Crippen molar-refractivity contribution in [1.82, 2.24) is 20.4 Å². The van der Waals surface area contributed by atoms with E-state index < -0.39 is 0 Å². The molecule has 2 N–H and O–H groups in total. The molecule has 1 amide bonds. The molecule has 1 aliphatic rings. The second-order valence-corrected chi connectivity index (χ2v) is 4.85. The van der Waals surface area contributed by atoms with E-state index in [9.17, 15) is 4.79 Å². The predicted octanol–water partition coefficient (Wildman–Crippen LogP) is 0.489. The molecule has 0 spiro atoms. The molecule has 0 aliphatic carbocycles. The van der Waals surface area contributed by atoms with Crippen molar-refractivity contribution in [2.24, 2.45) is 5.92 Å². The molecule has 5 nitrogen and oxygen atoms in total. The van der Waals surface area contributed by atoms with Crippen LogP contribution in [0.5, 0.6) is 0 Å². The third-order valence-electron chi connectivity index (χ3n) is 3.04. The van der Waals surface area contributed by atoms with Gasteiger partial charge >= 0.3 is 0 Å². The van der Waals surface area contributed by atoms with Crippen LogP contribution in [0.3, 0.4) is 0 Å². The zero-order valence-electron chi connectivity index (χ0n) is 10.1. The van der Waals surface area contributed by atoms with Gasteiger partial charge in [-0.05, 0) is 13.8 Å². The molecule has 0 atom stereocenters. The van der Waals surface area contributed by atoms with E-state index in [2.05, 4.69) is 15.7 Å². The SMILES string of the molecule is Cc1nn(CC(=O)NCC2CNC2)c(C)c1Cl. The van der Waals surface area contributed by atoms with Crippen molar-refractivity contribution in [3.05, 3.63) is 16.4 Å². The van der Waals surface area contributed by atoms with Gasteiger partial charge in [0.25, 0.3) is 0 Å². The van der Waals surface area contributed by atoms with Crippen LogP contribution in [0.4, 0.5) is 0 Å². The van der Waals surface area contributed by atoms with Crippen LogP contribution in [0.1, 0.15) is 11.4 Å². The lowest BCUT2D eigenvalue weighted by atomic mass is 10.0. The van der Waals surface area contributed by atoms with Gasteiger partial charge in [0.2, 0.25) is 5.91 Å². The summed E-state index contributed by atoms with van der Waals surface area (Å²) < 4.78 is 1.64. The smallest absolute Gasteiger partial charge is 0.241 e.